The Bertz CT molecular complexity index is 384. The molecule has 0 bridgehead atoms. The lowest BCUT2D eigenvalue weighted by molar-refractivity contribution is 0.0935. The fraction of sp³-hybridized carbons (Fsp3) is 0.538. The number of hydrogen-bond donors (Lipinski definition) is 2. The second-order valence-electron chi connectivity index (χ2n) is 4.62. The molecule has 1 aromatic heterocycles. The smallest absolute Gasteiger partial charge is 0.253 e. The van der Waals surface area contributed by atoms with Crippen LogP contribution in [0.25, 0.3) is 0 Å². The number of aryl methyl sites for hydroxylation is 1. The lowest BCUT2D eigenvalue weighted by atomic mass is 10.1. The summed E-state index contributed by atoms with van der Waals surface area (Å²) in [5, 5.41) is 6.40. The van der Waals surface area contributed by atoms with Crippen molar-refractivity contribution in [2.24, 2.45) is 0 Å². The number of carbonyl (C=O) groups is 1. The van der Waals surface area contributed by atoms with Crippen LogP contribution in [0.3, 0.4) is 0 Å². The first-order chi connectivity index (χ1) is 8.25. The Balaban J connectivity index is 1.96. The largest absolute Gasteiger partial charge is 0.348 e. The van der Waals surface area contributed by atoms with E-state index in [2.05, 4.69) is 15.6 Å². The molecule has 92 valence electrons. The van der Waals surface area contributed by atoms with Crippen LogP contribution in [0.2, 0.25) is 0 Å². The third kappa shape index (κ3) is 3.53. The molecule has 1 amide bonds. The van der Waals surface area contributed by atoms with Gasteiger partial charge in [-0.1, -0.05) is 6.42 Å². The van der Waals surface area contributed by atoms with Crippen molar-refractivity contribution in [2.75, 3.05) is 13.1 Å². The molecule has 1 aliphatic rings. The zero-order valence-electron chi connectivity index (χ0n) is 10.2. The number of rotatable bonds is 2. The monoisotopic (exact) mass is 233 g/mol. The van der Waals surface area contributed by atoms with E-state index in [4.69, 9.17) is 0 Å². The SMILES string of the molecule is Cc1cncc(C(=O)NC2CCCCNC2)c1. The number of nitrogens with one attached hydrogen (secondary N) is 2. The quantitative estimate of drug-likeness (QED) is 0.808. The average Bonchev–Trinajstić information content (AvgIpc) is 2.57. The molecule has 0 aromatic carbocycles. The van der Waals surface area contributed by atoms with Crippen LogP contribution < -0.4 is 10.6 Å². The summed E-state index contributed by atoms with van der Waals surface area (Å²) in [6.07, 6.45) is 6.79. The molecule has 1 aromatic rings. The van der Waals surface area contributed by atoms with Gasteiger partial charge in [-0.3, -0.25) is 9.78 Å². The van der Waals surface area contributed by atoms with Crippen molar-refractivity contribution in [1.82, 2.24) is 15.6 Å². The highest BCUT2D eigenvalue weighted by Gasteiger charge is 2.15. The van der Waals surface area contributed by atoms with Gasteiger partial charge in [0.2, 0.25) is 0 Å². The summed E-state index contributed by atoms with van der Waals surface area (Å²) < 4.78 is 0. The van der Waals surface area contributed by atoms with Crippen LogP contribution in [-0.2, 0) is 0 Å². The molecule has 0 aliphatic carbocycles. The van der Waals surface area contributed by atoms with E-state index in [1.807, 2.05) is 13.0 Å². The Hall–Kier alpha value is -1.42. The molecular formula is C13H19N3O. The number of carbonyl (C=O) groups excluding carboxylic acids is 1. The van der Waals surface area contributed by atoms with Crippen LogP contribution in [0.4, 0.5) is 0 Å². The van der Waals surface area contributed by atoms with Crippen LogP contribution in [0.15, 0.2) is 18.5 Å². The molecule has 1 saturated heterocycles. The van der Waals surface area contributed by atoms with E-state index in [9.17, 15) is 4.79 Å². The maximum atomic E-state index is 12.0. The molecule has 2 rings (SSSR count). The third-order valence-corrected chi connectivity index (χ3v) is 3.02. The molecule has 0 saturated carbocycles. The highest BCUT2D eigenvalue weighted by Crippen LogP contribution is 2.06. The van der Waals surface area contributed by atoms with Crippen LogP contribution in [0.5, 0.6) is 0 Å². The van der Waals surface area contributed by atoms with E-state index in [1.165, 1.54) is 12.8 Å². The number of aromatic nitrogens is 1. The molecule has 2 heterocycles. The lowest BCUT2D eigenvalue weighted by Crippen LogP contribution is -2.40. The highest BCUT2D eigenvalue weighted by molar-refractivity contribution is 5.94. The van der Waals surface area contributed by atoms with Crippen molar-refractivity contribution >= 4 is 5.91 Å². The number of pyridine rings is 1. The maximum Gasteiger partial charge on any atom is 0.253 e. The van der Waals surface area contributed by atoms with Gasteiger partial charge in [-0.25, -0.2) is 0 Å². The highest BCUT2D eigenvalue weighted by atomic mass is 16.1. The van der Waals surface area contributed by atoms with Crippen LogP contribution >= 0.6 is 0 Å². The van der Waals surface area contributed by atoms with Crippen LogP contribution in [-0.4, -0.2) is 30.0 Å². The van der Waals surface area contributed by atoms with Gasteiger partial charge in [0.1, 0.15) is 0 Å². The minimum Gasteiger partial charge on any atom is -0.348 e. The molecule has 0 spiro atoms. The van der Waals surface area contributed by atoms with E-state index in [1.54, 1.807) is 12.4 Å². The minimum atomic E-state index is -0.0186. The topological polar surface area (TPSA) is 54.0 Å². The normalized spacial score (nSPS) is 20.6. The first kappa shape index (κ1) is 12.0. The van der Waals surface area contributed by atoms with Crippen molar-refractivity contribution in [3.8, 4) is 0 Å². The van der Waals surface area contributed by atoms with Crippen molar-refractivity contribution in [2.45, 2.75) is 32.2 Å². The molecule has 1 fully saturated rings. The molecule has 4 heteroatoms. The Morgan fingerprint density at radius 3 is 3.18 bits per heavy atom. The zero-order valence-corrected chi connectivity index (χ0v) is 10.2. The molecule has 1 unspecified atom stereocenters. The van der Waals surface area contributed by atoms with Crippen molar-refractivity contribution in [3.63, 3.8) is 0 Å². The first-order valence-corrected chi connectivity index (χ1v) is 6.19. The summed E-state index contributed by atoms with van der Waals surface area (Å²) >= 11 is 0. The Labute approximate surface area is 102 Å². The van der Waals surface area contributed by atoms with Gasteiger partial charge in [-0.05, 0) is 37.9 Å². The number of amides is 1. The zero-order chi connectivity index (χ0) is 12.1. The fourth-order valence-electron chi connectivity index (χ4n) is 2.09. The summed E-state index contributed by atoms with van der Waals surface area (Å²) in [5.74, 6) is -0.0186. The fourth-order valence-corrected chi connectivity index (χ4v) is 2.09. The lowest BCUT2D eigenvalue weighted by Gasteiger charge is -2.16. The molecule has 17 heavy (non-hydrogen) atoms. The van der Waals surface area contributed by atoms with Crippen molar-refractivity contribution in [1.29, 1.82) is 0 Å². The molecule has 4 nitrogen and oxygen atoms in total. The number of nitrogens with zero attached hydrogens (tertiary/aromatic N) is 1. The molecule has 1 aliphatic heterocycles. The second-order valence-corrected chi connectivity index (χ2v) is 4.62. The Morgan fingerprint density at radius 1 is 1.47 bits per heavy atom. The van der Waals surface area contributed by atoms with Gasteiger partial charge >= 0.3 is 0 Å². The molecule has 2 N–H and O–H groups in total. The predicted octanol–water partition coefficient (Wildman–Crippen LogP) is 1.26. The van der Waals surface area contributed by atoms with E-state index < -0.39 is 0 Å². The van der Waals surface area contributed by atoms with Gasteiger partial charge in [0, 0.05) is 25.0 Å². The van der Waals surface area contributed by atoms with Crippen molar-refractivity contribution < 1.29 is 4.79 Å². The Morgan fingerprint density at radius 2 is 2.35 bits per heavy atom. The van der Waals surface area contributed by atoms with Crippen LogP contribution in [0.1, 0.15) is 35.2 Å². The van der Waals surface area contributed by atoms with Gasteiger partial charge < -0.3 is 10.6 Å². The second kappa shape index (κ2) is 5.77. The van der Waals surface area contributed by atoms with E-state index in [-0.39, 0.29) is 11.9 Å². The molecular weight excluding hydrogens is 214 g/mol. The van der Waals surface area contributed by atoms with Gasteiger partial charge in [-0.2, -0.15) is 0 Å². The summed E-state index contributed by atoms with van der Waals surface area (Å²) in [5.41, 5.74) is 1.66. The van der Waals surface area contributed by atoms with Gasteiger partial charge in [0.15, 0.2) is 0 Å². The van der Waals surface area contributed by atoms with Gasteiger partial charge in [-0.15, -0.1) is 0 Å². The number of hydrogen-bond acceptors (Lipinski definition) is 3. The maximum absolute atomic E-state index is 12.0. The summed E-state index contributed by atoms with van der Waals surface area (Å²) in [6, 6.07) is 2.11. The van der Waals surface area contributed by atoms with Gasteiger partial charge in [0.25, 0.3) is 5.91 Å². The summed E-state index contributed by atoms with van der Waals surface area (Å²) in [6.45, 7) is 3.86. The van der Waals surface area contributed by atoms with E-state index in [0.717, 1.165) is 25.1 Å². The predicted molar refractivity (Wildman–Crippen MR) is 66.9 cm³/mol. The summed E-state index contributed by atoms with van der Waals surface area (Å²) in [7, 11) is 0. The van der Waals surface area contributed by atoms with Crippen molar-refractivity contribution in [3.05, 3.63) is 29.6 Å². The standard InChI is InChI=1S/C13H19N3O/c1-10-6-11(8-15-7-10)13(17)16-12-4-2-3-5-14-9-12/h6-8,12,14H,2-5,9H2,1H3,(H,16,17). The van der Waals surface area contributed by atoms with E-state index >= 15 is 0 Å². The van der Waals surface area contributed by atoms with Gasteiger partial charge in [0.05, 0.1) is 5.56 Å². The molecule has 1 atom stereocenters. The van der Waals surface area contributed by atoms with E-state index in [0.29, 0.717) is 5.56 Å². The minimum absolute atomic E-state index is 0.0186. The van der Waals surface area contributed by atoms with Crippen LogP contribution in [0, 0.1) is 6.92 Å². The summed E-state index contributed by atoms with van der Waals surface area (Å²) in [4.78, 5) is 16.0. The molecule has 0 radical (unpaired) electrons. The first-order valence-electron chi connectivity index (χ1n) is 6.19. The Kier molecular flexibility index (Phi) is 4.09. The third-order valence-electron chi connectivity index (χ3n) is 3.02. The average molecular weight is 233 g/mol.